The third-order valence-electron chi connectivity index (χ3n) is 5.74. The first-order valence-corrected chi connectivity index (χ1v) is 11.1. The molecule has 5 rings (SSSR count). The first kappa shape index (κ1) is 21.1. The smallest absolute Gasteiger partial charge is 0.261 e. The highest BCUT2D eigenvalue weighted by Gasteiger charge is 2.31. The Morgan fingerprint density at radius 2 is 2.03 bits per heavy atom. The summed E-state index contributed by atoms with van der Waals surface area (Å²) in [6.45, 7) is 3.66. The summed E-state index contributed by atoms with van der Waals surface area (Å²) in [5, 5.41) is 3.26. The minimum absolute atomic E-state index is 0.0329. The molecule has 170 valence electrons. The summed E-state index contributed by atoms with van der Waals surface area (Å²) in [6.07, 6.45) is 3.61. The van der Waals surface area contributed by atoms with Gasteiger partial charge in [-0.2, -0.15) is 0 Å². The highest BCUT2D eigenvalue weighted by Crippen LogP contribution is 2.34. The van der Waals surface area contributed by atoms with Crippen molar-refractivity contribution in [3.63, 3.8) is 0 Å². The molecule has 2 aliphatic rings. The molecule has 8 nitrogen and oxygen atoms in total. The summed E-state index contributed by atoms with van der Waals surface area (Å²) >= 11 is 0. The lowest BCUT2D eigenvalue weighted by Crippen LogP contribution is -2.34. The number of carbonyl (C=O) groups is 1. The molecule has 4 heterocycles. The maximum atomic E-state index is 12.9. The van der Waals surface area contributed by atoms with E-state index in [0.29, 0.717) is 37.0 Å². The minimum atomic E-state index is -0.0552. The van der Waals surface area contributed by atoms with Gasteiger partial charge in [-0.05, 0) is 56.2 Å². The zero-order chi connectivity index (χ0) is 22.6. The van der Waals surface area contributed by atoms with Gasteiger partial charge in [0.15, 0.2) is 18.1 Å². The van der Waals surface area contributed by atoms with Crippen molar-refractivity contribution in [1.29, 1.82) is 0 Å². The van der Waals surface area contributed by atoms with E-state index in [9.17, 15) is 4.79 Å². The second-order valence-electron chi connectivity index (χ2n) is 8.10. The molecule has 1 atom stereocenters. The lowest BCUT2D eigenvalue weighted by molar-refractivity contribution is -0.134. The van der Waals surface area contributed by atoms with Crippen molar-refractivity contribution >= 4 is 17.4 Å². The molecule has 3 aromatic rings. The number of hydrogen-bond acceptors (Lipinski definition) is 7. The van der Waals surface area contributed by atoms with Gasteiger partial charge >= 0.3 is 0 Å². The number of nitrogens with zero attached hydrogens (tertiary/aromatic N) is 3. The van der Waals surface area contributed by atoms with Gasteiger partial charge in [-0.3, -0.25) is 9.78 Å². The molecule has 0 saturated carbocycles. The SMILES string of the molecule is Cc1cccc(Nc2ccc(C3CCCN3C(=O)COc3ccc4c(c3)OCCO4)nc2)n1. The number of amides is 1. The van der Waals surface area contributed by atoms with E-state index in [4.69, 9.17) is 14.2 Å². The molecule has 1 N–H and O–H groups in total. The van der Waals surface area contributed by atoms with E-state index in [-0.39, 0.29) is 18.6 Å². The van der Waals surface area contributed by atoms with Crippen LogP contribution >= 0.6 is 0 Å². The molecule has 1 aromatic carbocycles. The fourth-order valence-corrected chi connectivity index (χ4v) is 4.15. The third-order valence-corrected chi connectivity index (χ3v) is 5.74. The number of pyridine rings is 2. The van der Waals surface area contributed by atoms with E-state index < -0.39 is 0 Å². The Balaban J connectivity index is 1.21. The van der Waals surface area contributed by atoms with Crippen LogP contribution in [0.5, 0.6) is 17.2 Å². The molecule has 0 bridgehead atoms. The summed E-state index contributed by atoms with van der Waals surface area (Å²) < 4.78 is 16.9. The number of aryl methyl sites for hydroxylation is 1. The van der Waals surface area contributed by atoms with Crippen LogP contribution < -0.4 is 19.5 Å². The molecule has 1 amide bonds. The van der Waals surface area contributed by atoms with Crippen LogP contribution in [0.25, 0.3) is 0 Å². The Bertz CT molecular complexity index is 1140. The molecular formula is C25H26N4O4. The molecule has 2 aromatic heterocycles. The summed E-state index contributed by atoms with van der Waals surface area (Å²) in [5.74, 6) is 2.64. The van der Waals surface area contributed by atoms with Crippen molar-refractivity contribution in [2.24, 2.45) is 0 Å². The van der Waals surface area contributed by atoms with E-state index in [0.717, 1.165) is 35.7 Å². The Morgan fingerprint density at radius 1 is 1.15 bits per heavy atom. The largest absolute Gasteiger partial charge is 0.486 e. The quantitative estimate of drug-likeness (QED) is 0.612. The van der Waals surface area contributed by atoms with Crippen molar-refractivity contribution in [3.05, 3.63) is 66.1 Å². The molecule has 0 radical (unpaired) electrons. The van der Waals surface area contributed by atoms with Crippen LogP contribution in [-0.2, 0) is 4.79 Å². The van der Waals surface area contributed by atoms with Gasteiger partial charge in [-0.15, -0.1) is 0 Å². The Morgan fingerprint density at radius 3 is 2.85 bits per heavy atom. The monoisotopic (exact) mass is 446 g/mol. The molecule has 0 aliphatic carbocycles. The van der Waals surface area contributed by atoms with E-state index in [2.05, 4.69) is 15.3 Å². The van der Waals surface area contributed by atoms with Crippen molar-refractivity contribution in [1.82, 2.24) is 14.9 Å². The number of anilines is 2. The zero-order valence-corrected chi connectivity index (χ0v) is 18.5. The predicted molar refractivity (Wildman–Crippen MR) is 123 cm³/mol. The Kier molecular flexibility index (Phi) is 5.97. The molecule has 2 aliphatic heterocycles. The van der Waals surface area contributed by atoms with Crippen LogP contribution in [0.15, 0.2) is 54.7 Å². The number of carbonyl (C=O) groups excluding carboxylic acids is 1. The van der Waals surface area contributed by atoms with Crippen LogP contribution in [0.4, 0.5) is 11.5 Å². The summed E-state index contributed by atoms with van der Waals surface area (Å²) in [4.78, 5) is 23.9. The van der Waals surface area contributed by atoms with Crippen molar-refractivity contribution in [2.75, 3.05) is 31.7 Å². The lowest BCUT2D eigenvalue weighted by Gasteiger charge is -2.25. The van der Waals surface area contributed by atoms with E-state index in [1.54, 1.807) is 24.4 Å². The average Bonchev–Trinajstić information content (AvgIpc) is 3.33. The lowest BCUT2D eigenvalue weighted by atomic mass is 10.1. The highest BCUT2D eigenvalue weighted by atomic mass is 16.6. The molecule has 33 heavy (non-hydrogen) atoms. The number of aromatic nitrogens is 2. The summed E-state index contributed by atoms with van der Waals surface area (Å²) in [7, 11) is 0. The fourth-order valence-electron chi connectivity index (χ4n) is 4.15. The van der Waals surface area contributed by atoms with Crippen LogP contribution in [0.3, 0.4) is 0 Å². The number of benzene rings is 1. The van der Waals surface area contributed by atoms with Gasteiger partial charge in [0.1, 0.15) is 24.8 Å². The number of nitrogens with one attached hydrogen (secondary N) is 1. The fraction of sp³-hybridized carbons (Fsp3) is 0.320. The molecule has 1 unspecified atom stereocenters. The molecule has 8 heteroatoms. The molecule has 1 fully saturated rings. The van der Waals surface area contributed by atoms with Crippen LogP contribution in [-0.4, -0.2) is 47.1 Å². The average molecular weight is 447 g/mol. The van der Waals surface area contributed by atoms with Crippen LogP contribution in [0, 0.1) is 6.92 Å². The van der Waals surface area contributed by atoms with E-state index in [1.165, 1.54) is 0 Å². The Labute approximate surface area is 192 Å². The number of likely N-dealkylation sites (tertiary alicyclic amines) is 1. The molecule has 1 saturated heterocycles. The van der Waals surface area contributed by atoms with Gasteiger partial charge in [0, 0.05) is 18.3 Å². The first-order valence-electron chi connectivity index (χ1n) is 11.1. The van der Waals surface area contributed by atoms with Crippen LogP contribution in [0.2, 0.25) is 0 Å². The summed E-state index contributed by atoms with van der Waals surface area (Å²) in [5.41, 5.74) is 2.68. The van der Waals surface area contributed by atoms with Crippen LogP contribution in [0.1, 0.15) is 30.3 Å². The van der Waals surface area contributed by atoms with E-state index >= 15 is 0 Å². The number of fused-ring (bicyclic) bond motifs is 1. The molecule has 0 spiro atoms. The number of rotatable bonds is 6. The highest BCUT2D eigenvalue weighted by molar-refractivity contribution is 5.78. The Hall–Kier alpha value is -3.81. The second kappa shape index (κ2) is 9.36. The maximum absolute atomic E-state index is 12.9. The van der Waals surface area contributed by atoms with E-state index in [1.807, 2.05) is 42.2 Å². The number of hydrogen-bond donors (Lipinski definition) is 1. The second-order valence-corrected chi connectivity index (χ2v) is 8.10. The van der Waals surface area contributed by atoms with Crippen molar-refractivity contribution in [2.45, 2.75) is 25.8 Å². The van der Waals surface area contributed by atoms with Gasteiger partial charge in [-0.1, -0.05) is 6.07 Å². The van der Waals surface area contributed by atoms with Crippen molar-refractivity contribution < 1.29 is 19.0 Å². The van der Waals surface area contributed by atoms with Crippen molar-refractivity contribution in [3.8, 4) is 17.2 Å². The molecular weight excluding hydrogens is 420 g/mol. The predicted octanol–water partition coefficient (Wildman–Crippen LogP) is 4.04. The normalized spacial score (nSPS) is 17.0. The topological polar surface area (TPSA) is 85.8 Å². The standard InChI is InChI=1S/C25H26N4O4/c1-17-4-2-6-24(27-17)28-18-7-9-20(26-15-18)21-5-3-11-29(21)25(30)16-33-19-8-10-22-23(14-19)32-13-12-31-22/h2,4,6-10,14-15,21H,3,5,11-13,16H2,1H3,(H,27,28). The van der Waals surface area contributed by atoms with Gasteiger partial charge in [0.2, 0.25) is 0 Å². The van der Waals surface area contributed by atoms with Gasteiger partial charge in [-0.25, -0.2) is 4.98 Å². The summed E-state index contributed by atoms with van der Waals surface area (Å²) in [6, 6.07) is 15.1. The minimum Gasteiger partial charge on any atom is -0.486 e. The third kappa shape index (κ3) is 4.84. The number of ether oxygens (including phenoxy) is 3. The maximum Gasteiger partial charge on any atom is 0.261 e. The zero-order valence-electron chi connectivity index (χ0n) is 18.5. The van der Waals surface area contributed by atoms with Gasteiger partial charge in [0.05, 0.1) is 23.6 Å². The van der Waals surface area contributed by atoms with Gasteiger partial charge in [0.25, 0.3) is 5.91 Å². The first-order chi connectivity index (χ1) is 16.2. The van der Waals surface area contributed by atoms with Gasteiger partial charge < -0.3 is 24.4 Å².